The number of rotatable bonds is 9. The van der Waals surface area contributed by atoms with Gasteiger partial charge < -0.3 is 19.0 Å². The van der Waals surface area contributed by atoms with Crippen LogP contribution in [0.3, 0.4) is 0 Å². The van der Waals surface area contributed by atoms with E-state index in [1.807, 2.05) is 43.3 Å². The molecular weight excluding hydrogens is 449 g/mol. The normalized spacial score (nSPS) is 11.3. The van der Waals surface area contributed by atoms with Crippen LogP contribution >= 0.6 is 0 Å². The number of carbonyl (C=O) groups is 1. The Morgan fingerprint density at radius 2 is 1.60 bits per heavy atom. The Labute approximate surface area is 203 Å². The molecule has 6 nitrogen and oxygen atoms in total. The fourth-order valence-corrected chi connectivity index (χ4v) is 3.51. The van der Waals surface area contributed by atoms with Gasteiger partial charge in [-0.15, -0.1) is 0 Å². The summed E-state index contributed by atoms with van der Waals surface area (Å²) in [5, 5.41) is 9.31. The van der Waals surface area contributed by atoms with Gasteiger partial charge in [0.05, 0.1) is 12.3 Å². The van der Waals surface area contributed by atoms with Gasteiger partial charge in [0.2, 0.25) is 5.89 Å². The highest BCUT2D eigenvalue weighted by Gasteiger charge is 2.29. The molecule has 3 aromatic carbocycles. The first kappa shape index (κ1) is 24.0. The van der Waals surface area contributed by atoms with Crippen LogP contribution in [0.25, 0.3) is 22.6 Å². The van der Waals surface area contributed by atoms with Crippen LogP contribution in [0.15, 0.2) is 77.2 Å². The predicted octanol–water partition coefficient (Wildman–Crippen LogP) is 6.32. The lowest BCUT2D eigenvalue weighted by molar-refractivity contribution is -0.152. The van der Waals surface area contributed by atoms with Crippen molar-refractivity contribution in [1.82, 2.24) is 4.98 Å². The first-order valence-electron chi connectivity index (χ1n) is 11.2. The number of nitrogens with zero attached hydrogens (tertiary/aromatic N) is 1. The number of carboxylic acid groups (broad SMARTS) is 1. The smallest absolute Gasteiger partial charge is 0.347 e. The molecule has 0 saturated carbocycles. The molecule has 0 saturated heterocycles. The van der Waals surface area contributed by atoms with Crippen LogP contribution in [0.2, 0.25) is 0 Å². The van der Waals surface area contributed by atoms with Gasteiger partial charge in [-0.25, -0.2) is 14.2 Å². The number of hydrogen-bond acceptors (Lipinski definition) is 5. The largest absolute Gasteiger partial charge is 0.493 e. The molecule has 0 aliphatic heterocycles. The fraction of sp³-hybridized carbons (Fsp3) is 0.214. The second-order valence-corrected chi connectivity index (χ2v) is 8.60. The highest BCUT2D eigenvalue weighted by atomic mass is 19.1. The molecule has 0 unspecified atom stereocenters. The van der Waals surface area contributed by atoms with Gasteiger partial charge in [-0.05, 0) is 74.4 Å². The zero-order valence-electron chi connectivity index (χ0n) is 19.7. The van der Waals surface area contributed by atoms with Crippen molar-refractivity contribution in [1.29, 1.82) is 0 Å². The highest BCUT2D eigenvalue weighted by Crippen LogP contribution is 2.29. The van der Waals surface area contributed by atoms with E-state index in [-0.39, 0.29) is 5.82 Å². The molecule has 0 aliphatic carbocycles. The molecule has 0 aliphatic rings. The first-order chi connectivity index (χ1) is 16.7. The number of ether oxygens (including phenoxy) is 2. The summed E-state index contributed by atoms with van der Waals surface area (Å²) in [6.45, 7) is 5.23. The highest BCUT2D eigenvalue weighted by molar-refractivity contribution is 5.77. The zero-order chi connectivity index (χ0) is 25.0. The second-order valence-electron chi connectivity index (χ2n) is 8.60. The Morgan fingerprint density at radius 1 is 0.971 bits per heavy atom. The summed E-state index contributed by atoms with van der Waals surface area (Å²) in [5.41, 5.74) is 1.79. The summed E-state index contributed by atoms with van der Waals surface area (Å²) >= 11 is 0. The topological polar surface area (TPSA) is 81.8 Å². The molecule has 0 spiro atoms. The summed E-state index contributed by atoms with van der Waals surface area (Å²) < 4.78 is 30.8. The molecule has 180 valence electrons. The fourth-order valence-electron chi connectivity index (χ4n) is 3.51. The number of benzene rings is 3. The molecule has 35 heavy (non-hydrogen) atoms. The molecule has 1 aromatic heterocycles. The Hall–Kier alpha value is -4.13. The van der Waals surface area contributed by atoms with E-state index in [0.29, 0.717) is 41.7 Å². The van der Waals surface area contributed by atoms with E-state index in [0.717, 1.165) is 16.8 Å². The number of hydrogen-bond donors (Lipinski definition) is 1. The van der Waals surface area contributed by atoms with Gasteiger partial charge in [0.15, 0.2) is 5.60 Å². The van der Waals surface area contributed by atoms with E-state index in [9.17, 15) is 14.3 Å². The maximum absolute atomic E-state index is 13.5. The number of aryl methyl sites for hydroxylation is 1. The lowest BCUT2D eigenvalue weighted by Gasteiger charge is -2.21. The van der Waals surface area contributed by atoms with Crippen LogP contribution in [0.4, 0.5) is 4.39 Å². The SMILES string of the molecule is Cc1oc(-c2cccc(F)c2)nc1CCOc1cccc(-c2cccc(OC(C)(C)C(=O)O)c2)c1. The number of aliphatic carboxylic acids is 1. The predicted molar refractivity (Wildman–Crippen MR) is 130 cm³/mol. The Kier molecular flexibility index (Phi) is 6.87. The lowest BCUT2D eigenvalue weighted by atomic mass is 10.0. The van der Waals surface area contributed by atoms with Crippen molar-refractivity contribution in [2.24, 2.45) is 0 Å². The van der Waals surface area contributed by atoms with Gasteiger partial charge in [0.1, 0.15) is 23.1 Å². The molecule has 4 rings (SSSR count). The summed E-state index contributed by atoms with van der Waals surface area (Å²) in [6.07, 6.45) is 0.530. The van der Waals surface area contributed by atoms with Gasteiger partial charge in [-0.3, -0.25) is 0 Å². The molecule has 4 aromatic rings. The van der Waals surface area contributed by atoms with Gasteiger partial charge >= 0.3 is 5.97 Å². The number of halogens is 1. The molecule has 0 atom stereocenters. The van der Waals surface area contributed by atoms with Crippen molar-refractivity contribution < 1.29 is 28.2 Å². The van der Waals surface area contributed by atoms with Gasteiger partial charge in [0.25, 0.3) is 0 Å². The van der Waals surface area contributed by atoms with E-state index in [1.54, 1.807) is 24.3 Å². The number of aromatic nitrogens is 1. The van der Waals surface area contributed by atoms with Crippen LogP contribution in [-0.2, 0) is 11.2 Å². The van der Waals surface area contributed by atoms with E-state index in [1.165, 1.54) is 26.0 Å². The Balaban J connectivity index is 1.42. The van der Waals surface area contributed by atoms with Gasteiger partial charge in [-0.1, -0.05) is 30.3 Å². The van der Waals surface area contributed by atoms with E-state index in [4.69, 9.17) is 13.9 Å². The van der Waals surface area contributed by atoms with Crippen molar-refractivity contribution in [3.63, 3.8) is 0 Å². The average molecular weight is 476 g/mol. The molecule has 1 N–H and O–H groups in total. The quantitative estimate of drug-likeness (QED) is 0.305. The van der Waals surface area contributed by atoms with Crippen molar-refractivity contribution in [3.05, 3.63) is 90.1 Å². The molecular formula is C28H26FNO5. The van der Waals surface area contributed by atoms with Crippen molar-refractivity contribution in [3.8, 4) is 34.1 Å². The summed E-state index contributed by atoms with van der Waals surface area (Å²) in [5.74, 6) is 0.826. The minimum atomic E-state index is -1.34. The van der Waals surface area contributed by atoms with Gasteiger partial charge in [0, 0.05) is 12.0 Å². The molecule has 1 heterocycles. The van der Waals surface area contributed by atoms with Crippen LogP contribution in [-0.4, -0.2) is 28.3 Å². The maximum atomic E-state index is 13.5. The third-order valence-corrected chi connectivity index (χ3v) is 5.46. The molecule has 0 fully saturated rings. The third kappa shape index (κ3) is 5.87. The minimum Gasteiger partial charge on any atom is -0.493 e. The van der Waals surface area contributed by atoms with Crippen LogP contribution in [0.1, 0.15) is 25.3 Å². The molecule has 0 amide bonds. The lowest BCUT2D eigenvalue weighted by Crippen LogP contribution is -2.37. The Morgan fingerprint density at radius 3 is 2.29 bits per heavy atom. The standard InChI is InChI=1S/C28H26FNO5/c1-18-25(30-26(34-18)21-9-4-10-22(29)15-21)13-14-33-23-11-5-7-19(16-23)20-8-6-12-24(17-20)35-28(2,3)27(31)32/h4-12,15-17H,13-14H2,1-3H3,(H,31,32). The minimum absolute atomic E-state index is 0.342. The second kappa shape index (κ2) is 10.0. The van der Waals surface area contributed by atoms with Crippen LogP contribution < -0.4 is 9.47 Å². The van der Waals surface area contributed by atoms with Crippen molar-refractivity contribution in [2.45, 2.75) is 32.8 Å². The van der Waals surface area contributed by atoms with E-state index in [2.05, 4.69) is 4.98 Å². The van der Waals surface area contributed by atoms with E-state index >= 15 is 0 Å². The number of carboxylic acids is 1. The summed E-state index contributed by atoms with van der Waals surface area (Å²) in [4.78, 5) is 15.9. The molecule has 0 bridgehead atoms. The van der Waals surface area contributed by atoms with E-state index < -0.39 is 11.6 Å². The maximum Gasteiger partial charge on any atom is 0.347 e. The van der Waals surface area contributed by atoms with Gasteiger partial charge in [-0.2, -0.15) is 0 Å². The van der Waals surface area contributed by atoms with Crippen LogP contribution in [0.5, 0.6) is 11.5 Å². The average Bonchev–Trinajstić information content (AvgIpc) is 3.19. The zero-order valence-corrected chi connectivity index (χ0v) is 19.7. The Bertz CT molecular complexity index is 1340. The van der Waals surface area contributed by atoms with Crippen LogP contribution in [0, 0.1) is 12.7 Å². The molecule has 0 radical (unpaired) electrons. The molecule has 7 heteroatoms. The monoisotopic (exact) mass is 475 g/mol. The summed E-state index contributed by atoms with van der Waals surface area (Å²) in [6, 6.07) is 21.0. The number of oxazole rings is 1. The van der Waals surface area contributed by atoms with Crippen molar-refractivity contribution in [2.75, 3.05) is 6.61 Å². The summed E-state index contributed by atoms with van der Waals surface area (Å²) in [7, 11) is 0. The third-order valence-electron chi connectivity index (χ3n) is 5.46. The van der Waals surface area contributed by atoms with Crippen molar-refractivity contribution >= 4 is 5.97 Å². The first-order valence-corrected chi connectivity index (χ1v) is 11.2.